The molecule has 0 atom stereocenters. The minimum absolute atomic E-state index is 0.227. The summed E-state index contributed by atoms with van der Waals surface area (Å²) in [6, 6.07) is 0. The topological polar surface area (TPSA) is 80.3 Å². The summed E-state index contributed by atoms with van der Waals surface area (Å²) in [6.45, 7) is 4.93. The normalized spacial score (nSPS) is 19.7. The van der Waals surface area contributed by atoms with Crippen LogP contribution >= 0.6 is 0 Å². The van der Waals surface area contributed by atoms with E-state index >= 15 is 0 Å². The molecule has 1 fully saturated rings. The Morgan fingerprint density at radius 3 is 2.65 bits per heavy atom. The van der Waals surface area contributed by atoms with Crippen molar-refractivity contribution < 1.29 is 14.7 Å². The maximum atomic E-state index is 8.59. The number of rotatable bonds is 7. The number of amidine groups is 1. The van der Waals surface area contributed by atoms with Gasteiger partial charge in [-0.1, -0.05) is 5.16 Å². The molecule has 0 radical (unpaired) electrons. The van der Waals surface area contributed by atoms with Gasteiger partial charge in [-0.2, -0.15) is 0 Å². The molecule has 0 saturated carbocycles. The molecule has 6 nitrogen and oxygen atoms in total. The Balaban J connectivity index is 2.07. The maximum Gasteiger partial charge on any atom is 0.142 e. The van der Waals surface area contributed by atoms with Crippen molar-refractivity contribution in [3.8, 4) is 0 Å². The summed E-state index contributed by atoms with van der Waals surface area (Å²) < 4.78 is 10.3. The van der Waals surface area contributed by atoms with Gasteiger partial charge in [-0.05, 0) is 25.9 Å². The minimum Gasteiger partial charge on any atom is -0.409 e. The van der Waals surface area contributed by atoms with Crippen LogP contribution in [0.2, 0.25) is 0 Å². The zero-order valence-corrected chi connectivity index (χ0v) is 10.5. The molecule has 6 heteroatoms. The third-order valence-corrected chi connectivity index (χ3v) is 3.10. The Labute approximate surface area is 102 Å². The SMILES string of the molecule is COCCOCCN1CCC(C(N)=NO)CC1. The average molecular weight is 245 g/mol. The summed E-state index contributed by atoms with van der Waals surface area (Å²) in [5.74, 6) is 0.589. The molecular weight excluding hydrogens is 222 g/mol. The molecule has 0 aromatic heterocycles. The minimum atomic E-state index is 0.227. The first-order valence-corrected chi connectivity index (χ1v) is 6.04. The summed E-state index contributed by atoms with van der Waals surface area (Å²) in [4.78, 5) is 2.34. The molecule has 100 valence electrons. The monoisotopic (exact) mass is 245 g/mol. The van der Waals surface area contributed by atoms with E-state index in [9.17, 15) is 0 Å². The van der Waals surface area contributed by atoms with E-state index in [1.165, 1.54) is 0 Å². The number of piperidine rings is 1. The van der Waals surface area contributed by atoms with Crippen molar-refractivity contribution in [2.45, 2.75) is 12.8 Å². The lowest BCUT2D eigenvalue weighted by Crippen LogP contribution is -2.40. The smallest absolute Gasteiger partial charge is 0.142 e. The molecule has 1 aliphatic rings. The lowest BCUT2D eigenvalue weighted by molar-refractivity contribution is 0.0528. The molecule has 17 heavy (non-hydrogen) atoms. The number of methoxy groups -OCH3 is 1. The van der Waals surface area contributed by atoms with Crippen LogP contribution in [0, 0.1) is 5.92 Å². The fraction of sp³-hybridized carbons (Fsp3) is 0.909. The molecule has 0 aromatic rings. The van der Waals surface area contributed by atoms with Gasteiger partial charge in [-0.25, -0.2) is 0 Å². The number of ether oxygens (including phenoxy) is 2. The van der Waals surface area contributed by atoms with Gasteiger partial charge in [-0.3, -0.25) is 0 Å². The van der Waals surface area contributed by atoms with Gasteiger partial charge < -0.3 is 25.3 Å². The van der Waals surface area contributed by atoms with Crippen LogP contribution in [-0.4, -0.2) is 62.5 Å². The maximum absolute atomic E-state index is 8.59. The first-order valence-electron chi connectivity index (χ1n) is 6.04. The summed E-state index contributed by atoms with van der Waals surface area (Å²) >= 11 is 0. The van der Waals surface area contributed by atoms with E-state index in [0.29, 0.717) is 19.0 Å². The lowest BCUT2D eigenvalue weighted by atomic mass is 9.96. The summed E-state index contributed by atoms with van der Waals surface area (Å²) in [5, 5.41) is 11.7. The highest BCUT2D eigenvalue weighted by atomic mass is 16.5. The molecule has 0 aromatic carbocycles. The van der Waals surface area contributed by atoms with Gasteiger partial charge in [0.15, 0.2) is 0 Å². The third kappa shape index (κ3) is 5.34. The van der Waals surface area contributed by atoms with E-state index < -0.39 is 0 Å². The van der Waals surface area contributed by atoms with Crippen LogP contribution in [0.5, 0.6) is 0 Å². The zero-order valence-electron chi connectivity index (χ0n) is 10.5. The van der Waals surface area contributed by atoms with Crippen LogP contribution in [0.15, 0.2) is 5.16 Å². The average Bonchev–Trinajstić information content (AvgIpc) is 2.38. The van der Waals surface area contributed by atoms with Gasteiger partial charge in [-0.15, -0.1) is 0 Å². The predicted molar refractivity (Wildman–Crippen MR) is 65.3 cm³/mol. The van der Waals surface area contributed by atoms with E-state index in [4.69, 9.17) is 20.4 Å². The first-order chi connectivity index (χ1) is 8.27. The van der Waals surface area contributed by atoms with Gasteiger partial charge in [0, 0.05) is 19.6 Å². The van der Waals surface area contributed by atoms with Crippen molar-refractivity contribution >= 4 is 5.84 Å². The first kappa shape index (κ1) is 14.2. The predicted octanol–water partition coefficient (Wildman–Crippen LogP) is 0.108. The molecule has 0 unspecified atom stereocenters. The van der Waals surface area contributed by atoms with Gasteiger partial charge in [0.1, 0.15) is 5.84 Å². The number of likely N-dealkylation sites (tertiary alicyclic amines) is 1. The fourth-order valence-corrected chi connectivity index (χ4v) is 1.97. The quantitative estimate of drug-likeness (QED) is 0.219. The van der Waals surface area contributed by atoms with E-state index in [-0.39, 0.29) is 5.92 Å². The van der Waals surface area contributed by atoms with Gasteiger partial charge in [0.05, 0.1) is 19.8 Å². The largest absolute Gasteiger partial charge is 0.409 e. The summed E-state index contributed by atoms with van der Waals surface area (Å²) in [6.07, 6.45) is 1.90. The summed E-state index contributed by atoms with van der Waals surface area (Å²) in [5.41, 5.74) is 5.59. The van der Waals surface area contributed by atoms with Crippen molar-refractivity contribution in [3.63, 3.8) is 0 Å². The highest BCUT2D eigenvalue weighted by Gasteiger charge is 2.21. The molecular formula is C11H23N3O3. The van der Waals surface area contributed by atoms with Crippen molar-refractivity contribution in [2.24, 2.45) is 16.8 Å². The summed E-state index contributed by atoms with van der Waals surface area (Å²) in [7, 11) is 1.67. The number of oxime groups is 1. The number of nitrogens with zero attached hydrogens (tertiary/aromatic N) is 2. The van der Waals surface area contributed by atoms with Crippen molar-refractivity contribution in [2.75, 3.05) is 46.6 Å². The van der Waals surface area contributed by atoms with Crippen molar-refractivity contribution in [1.29, 1.82) is 0 Å². The number of hydrogen-bond acceptors (Lipinski definition) is 5. The molecule has 1 saturated heterocycles. The van der Waals surface area contributed by atoms with Gasteiger partial charge in [0.2, 0.25) is 0 Å². The molecule has 0 aliphatic carbocycles. The second kappa shape index (κ2) is 8.27. The van der Waals surface area contributed by atoms with E-state index in [2.05, 4.69) is 10.1 Å². The van der Waals surface area contributed by atoms with Crippen LogP contribution in [0.3, 0.4) is 0 Å². The van der Waals surface area contributed by atoms with Crippen molar-refractivity contribution in [3.05, 3.63) is 0 Å². The van der Waals surface area contributed by atoms with Gasteiger partial charge in [0.25, 0.3) is 0 Å². The van der Waals surface area contributed by atoms with E-state index in [1.807, 2.05) is 0 Å². The Bertz CT molecular complexity index is 228. The lowest BCUT2D eigenvalue weighted by Gasteiger charge is -2.31. The Kier molecular flexibility index (Phi) is 6.91. The zero-order chi connectivity index (χ0) is 12.5. The highest BCUT2D eigenvalue weighted by molar-refractivity contribution is 5.82. The Morgan fingerprint density at radius 1 is 1.35 bits per heavy atom. The van der Waals surface area contributed by atoms with E-state index in [0.717, 1.165) is 39.1 Å². The third-order valence-electron chi connectivity index (χ3n) is 3.10. The molecule has 1 heterocycles. The second-order valence-corrected chi connectivity index (χ2v) is 4.25. The highest BCUT2D eigenvalue weighted by Crippen LogP contribution is 2.16. The molecule has 3 N–H and O–H groups in total. The van der Waals surface area contributed by atoms with Crippen LogP contribution in [0.25, 0.3) is 0 Å². The van der Waals surface area contributed by atoms with Crippen LogP contribution in [0.4, 0.5) is 0 Å². The Morgan fingerprint density at radius 2 is 2.06 bits per heavy atom. The molecule has 1 rings (SSSR count). The number of nitrogens with two attached hydrogens (primary N) is 1. The van der Waals surface area contributed by atoms with E-state index in [1.54, 1.807) is 7.11 Å². The molecule has 1 aliphatic heterocycles. The van der Waals surface area contributed by atoms with Crippen molar-refractivity contribution in [1.82, 2.24) is 4.90 Å². The van der Waals surface area contributed by atoms with Crippen LogP contribution < -0.4 is 5.73 Å². The second-order valence-electron chi connectivity index (χ2n) is 4.25. The molecule has 0 spiro atoms. The Hall–Kier alpha value is -0.850. The van der Waals surface area contributed by atoms with Crippen LogP contribution in [0.1, 0.15) is 12.8 Å². The van der Waals surface area contributed by atoms with Crippen LogP contribution in [-0.2, 0) is 9.47 Å². The molecule has 0 bridgehead atoms. The number of hydrogen-bond donors (Lipinski definition) is 2. The fourth-order valence-electron chi connectivity index (χ4n) is 1.97. The standard InChI is InChI=1S/C11H23N3O3/c1-16-8-9-17-7-6-14-4-2-10(3-5-14)11(12)13-15/h10,15H,2-9H2,1H3,(H2,12,13). The molecule has 0 amide bonds. The van der Waals surface area contributed by atoms with Gasteiger partial charge >= 0.3 is 0 Å².